The lowest BCUT2D eigenvalue weighted by molar-refractivity contribution is 0.0589. The molecule has 1 fully saturated rings. The van der Waals surface area contributed by atoms with Gasteiger partial charge in [-0.05, 0) is 31.0 Å². The third-order valence-corrected chi connectivity index (χ3v) is 4.62. The molecule has 0 unspecified atom stereocenters. The third kappa shape index (κ3) is 2.99. The van der Waals surface area contributed by atoms with Gasteiger partial charge in [0.25, 0.3) is 5.91 Å². The lowest BCUT2D eigenvalue weighted by Crippen LogP contribution is -2.49. The van der Waals surface area contributed by atoms with Crippen LogP contribution in [0.1, 0.15) is 42.5 Å². The largest absolute Gasteiger partial charge is 0.323 e. The van der Waals surface area contributed by atoms with Crippen molar-refractivity contribution in [3.8, 4) is 6.07 Å². The Morgan fingerprint density at radius 1 is 1.35 bits per heavy atom. The Kier molecular flexibility index (Phi) is 4.72. The molecule has 0 N–H and O–H groups in total. The van der Waals surface area contributed by atoms with Crippen LogP contribution in [-0.4, -0.2) is 23.4 Å². The first kappa shape index (κ1) is 15.3. The van der Waals surface area contributed by atoms with E-state index in [1.165, 1.54) is 0 Å². The van der Waals surface area contributed by atoms with Crippen molar-refractivity contribution in [1.82, 2.24) is 4.90 Å². The van der Waals surface area contributed by atoms with Crippen LogP contribution in [0.15, 0.2) is 22.7 Å². The molecule has 5 heteroatoms. The van der Waals surface area contributed by atoms with Gasteiger partial charge in [0.2, 0.25) is 0 Å². The molecule has 2 rings (SSSR count). The minimum absolute atomic E-state index is 0.156. The maximum absolute atomic E-state index is 12.6. The van der Waals surface area contributed by atoms with E-state index < -0.39 is 5.54 Å². The molecule has 1 amide bonds. The van der Waals surface area contributed by atoms with E-state index in [9.17, 15) is 10.1 Å². The fraction of sp³-hybridized carbons (Fsp3) is 0.467. The maximum atomic E-state index is 12.6. The van der Waals surface area contributed by atoms with Crippen LogP contribution in [-0.2, 0) is 0 Å². The Morgan fingerprint density at radius 2 is 2.00 bits per heavy atom. The van der Waals surface area contributed by atoms with E-state index in [-0.39, 0.29) is 5.91 Å². The minimum Gasteiger partial charge on any atom is -0.323 e. The highest BCUT2D eigenvalue weighted by Gasteiger charge is 2.39. The van der Waals surface area contributed by atoms with Gasteiger partial charge in [-0.3, -0.25) is 4.79 Å². The molecule has 0 atom stereocenters. The van der Waals surface area contributed by atoms with E-state index in [0.717, 1.165) is 36.6 Å². The topological polar surface area (TPSA) is 44.1 Å². The summed E-state index contributed by atoms with van der Waals surface area (Å²) in [6.45, 7) is 0. The summed E-state index contributed by atoms with van der Waals surface area (Å²) in [6, 6.07) is 7.47. The van der Waals surface area contributed by atoms with Gasteiger partial charge in [-0.1, -0.05) is 46.8 Å². The molecule has 1 aromatic carbocycles. The van der Waals surface area contributed by atoms with Crippen LogP contribution in [0.25, 0.3) is 0 Å². The molecule has 0 saturated heterocycles. The second-order valence-corrected chi connectivity index (χ2v) is 6.58. The molecule has 1 aliphatic carbocycles. The summed E-state index contributed by atoms with van der Waals surface area (Å²) < 4.78 is 0.761. The van der Waals surface area contributed by atoms with Gasteiger partial charge in [0.1, 0.15) is 5.54 Å². The molecule has 0 radical (unpaired) electrons. The van der Waals surface area contributed by atoms with Gasteiger partial charge in [-0.25, -0.2) is 0 Å². The number of amides is 1. The van der Waals surface area contributed by atoms with Gasteiger partial charge in [0.05, 0.1) is 6.07 Å². The van der Waals surface area contributed by atoms with Gasteiger partial charge in [-0.15, -0.1) is 0 Å². The maximum Gasteiger partial charge on any atom is 0.254 e. The zero-order chi connectivity index (χ0) is 14.8. The third-order valence-electron chi connectivity index (χ3n) is 3.95. The molecular weight excluding hydrogens is 340 g/mol. The normalized spacial score (nSPS) is 17.3. The molecular formula is C15H16BrClN2O. The number of nitrogens with zero attached hydrogens (tertiary/aromatic N) is 2. The number of hydrogen-bond acceptors (Lipinski definition) is 2. The van der Waals surface area contributed by atoms with Crippen LogP contribution in [0.5, 0.6) is 0 Å². The van der Waals surface area contributed by atoms with Gasteiger partial charge in [0, 0.05) is 22.1 Å². The van der Waals surface area contributed by atoms with Crippen molar-refractivity contribution in [3.05, 3.63) is 33.3 Å². The second kappa shape index (κ2) is 6.15. The summed E-state index contributed by atoms with van der Waals surface area (Å²) in [5.74, 6) is -0.156. The van der Waals surface area contributed by atoms with Crippen molar-refractivity contribution in [1.29, 1.82) is 5.26 Å². The average Bonchev–Trinajstić information content (AvgIpc) is 2.45. The first-order chi connectivity index (χ1) is 9.48. The average molecular weight is 356 g/mol. The van der Waals surface area contributed by atoms with Crippen molar-refractivity contribution < 1.29 is 4.79 Å². The Hall–Kier alpha value is -1.05. The highest BCUT2D eigenvalue weighted by atomic mass is 79.9. The van der Waals surface area contributed by atoms with Crippen LogP contribution in [0.2, 0.25) is 5.02 Å². The fourth-order valence-corrected chi connectivity index (χ4v) is 3.58. The number of hydrogen-bond donors (Lipinski definition) is 0. The molecule has 1 aliphatic rings. The zero-order valence-corrected chi connectivity index (χ0v) is 13.7. The van der Waals surface area contributed by atoms with Crippen molar-refractivity contribution in [2.24, 2.45) is 0 Å². The molecule has 20 heavy (non-hydrogen) atoms. The van der Waals surface area contributed by atoms with Crippen LogP contribution < -0.4 is 0 Å². The molecule has 0 aromatic heterocycles. The summed E-state index contributed by atoms with van der Waals surface area (Å²) in [4.78, 5) is 14.2. The summed E-state index contributed by atoms with van der Waals surface area (Å²) in [5.41, 5.74) is -0.170. The van der Waals surface area contributed by atoms with Crippen molar-refractivity contribution in [2.75, 3.05) is 7.05 Å². The number of halogens is 2. The Bertz CT molecular complexity index is 541. The Balaban J connectivity index is 2.29. The lowest BCUT2D eigenvalue weighted by atomic mass is 9.81. The van der Waals surface area contributed by atoms with E-state index in [0.29, 0.717) is 10.6 Å². The SMILES string of the molecule is CN(C(=O)c1cc(Cl)cc(Br)c1)C1(C#N)CCCCC1. The first-order valence-corrected chi connectivity index (χ1v) is 7.81. The smallest absolute Gasteiger partial charge is 0.254 e. The Morgan fingerprint density at radius 3 is 2.55 bits per heavy atom. The van der Waals surface area contributed by atoms with Gasteiger partial charge >= 0.3 is 0 Å². The summed E-state index contributed by atoms with van der Waals surface area (Å²) in [7, 11) is 1.71. The van der Waals surface area contributed by atoms with E-state index in [2.05, 4.69) is 22.0 Å². The van der Waals surface area contributed by atoms with Crippen LogP contribution >= 0.6 is 27.5 Å². The predicted molar refractivity (Wildman–Crippen MR) is 82.7 cm³/mol. The van der Waals surface area contributed by atoms with E-state index in [1.54, 1.807) is 30.1 Å². The minimum atomic E-state index is -0.676. The van der Waals surface area contributed by atoms with Gasteiger partial charge in [0.15, 0.2) is 0 Å². The highest BCUT2D eigenvalue weighted by Crippen LogP contribution is 2.33. The number of benzene rings is 1. The summed E-state index contributed by atoms with van der Waals surface area (Å²) >= 11 is 9.32. The molecule has 0 heterocycles. The first-order valence-electron chi connectivity index (χ1n) is 6.64. The molecule has 1 saturated carbocycles. The monoisotopic (exact) mass is 354 g/mol. The molecule has 0 aliphatic heterocycles. The number of nitriles is 1. The standard InChI is InChI=1S/C15H16BrClN2O/c1-19(15(10-18)5-3-2-4-6-15)14(20)11-7-12(16)9-13(17)8-11/h7-9H,2-6H2,1H3. The van der Waals surface area contributed by atoms with Gasteiger partial charge in [-0.2, -0.15) is 5.26 Å². The highest BCUT2D eigenvalue weighted by molar-refractivity contribution is 9.10. The fourth-order valence-electron chi connectivity index (χ4n) is 2.72. The molecule has 1 aromatic rings. The van der Waals surface area contributed by atoms with Gasteiger partial charge < -0.3 is 4.90 Å². The Labute approximate surface area is 132 Å². The molecule has 0 bridgehead atoms. The zero-order valence-electron chi connectivity index (χ0n) is 11.3. The quantitative estimate of drug-likeness (QED) is 0.789. The summed E-state index contributed by atoms with van der Waals surface area (Å²) in [6.07, 6.45) is 4.60. The predicted octanol–water partition coefficient (Wildman–Crippen LogP) is 4.40. The number of carbonyl (C=O) groups excluding carboxylic acids is 1. The van der Waals surface area contributed by atoms with Crippen molar-refractivity contribution in [2.45, 2.75) is 37.6 Å². The molecule has 0 spiro atoms. The van der Waals surface area contributed by atoms with Crippen LogP contribution in [0.4, 0.5) is 0 Å². The van der Waals surface area contributed by atoms with E-state index in [4.69, 9.17) is 11.6 Å². The lowest BCUT2D eigenvalue weighted by Gasteiger charge is -2.39. The van der Waals surface area contributed by atoms with E-state index in [1.807, 2.05) is 0 Å². The van der Waals surface area contributed by atoms with Crippen LogP contribution in [0, 0.1) is 11.3 Å². The summed E-state index contributed by atoms with van der Waals surface area (Å²) in [5, 5.41) is 10.0. The number of rotatable bonds is 2. The van der Waals surface area contributed by atoms with Crippen LogP contribution in [0.3, 0.4) is 0 Å². The van der Waals surface area contributed by atoms with Crippen molar-refractivity contribution in [3.63, 3.8) is 0 Å². The van der Waals surface area contributed by atoms with Crippen molar-refractivity contribution >= 4 is 33.4 Å². The van der Waals surface area contributed by atoms with E-state index >= 15 is 0 Å². The molecule has 106 valence electrons. The molecule has 3 nitrogen and oxygen atoms in total. The second-order valence-electron chi connectivity index (χ2n) is 5.23. The number of carbonyl (C=O) groups is 1.